The molecule has 1 aromatic rings. The van der Waals surface area contributed by atoms with Crippen molar-refractivity contribution in [2.45, 2.75) is 32.4 Å². The largest absolute Gasteiger partial charge is 0.494 e. The van der Waals surface area contributed by atoms with Gasteiger partial charge in [0.15, 0.2) is 0 Å². The molecule has 0 radical (unpaired) electrons. The molecule has 0 atom stereocenters. The summed E-state index contributed by atoms with van der Waals surface area (Å²) in [5.41, 5.74) is 1.24. The average Bonchev–Trinajstić information content (AvgIpc) is 2.80. The Bertz CT molecular complexity index is 652. The van der Waals surface area contributed by atoms with E-state index in [1.54, 1.807) is 7.11 Å². The molecular weight excluding hydrogens is 338 g/mol. The van der Waals surface area contributed by atoms with Crippen LogP contribution in [0.25, 0.3) is 5.57 Å². The number of methoxy groups -OCH3 is 1. The van der Waals surface area contributed by atoms with Gasteiger partial charge in [0.2, 0.25) is 0 Å². The van der Waals surface area contributed by atoms with Crippen LogP contribution in [-0.4, -0.2) is 48.8 Å². The monoisotopic (exact) mass is 363 g/mol. The second-order valence-electron chi connectivity index (χ2n) is 5.94. The highest BCUT2D eigenvalue weighted by Gasteiger charge is 2.39. The number of imide groups is 1. The van der Waals surface area contributed by atoms with Gasteiger partial charge < -0.3 is 9.47 Å². The number of ether oxygens (including phenoxy) is 2. The molecule has 0 bridgehead atoms. The number of thioether (sulfide) groups is 1. The molecule has 0 spiro atoms. The fourth-order valence-corrected chi connectivity index (χ4v) is 3.61. The summed E-state index contributed by atoms with van der Waals surface area (Å²) in [7, 11) is 1.61. The van der Waals surface area contributed by atoms with Gasteiger partial charge in [-0.1, -0.05) is 26.0 Å². The Morgan fingerprint density at radius 1 is 1.12 bits per heavy atom. The van der Waals surface area contributed by atoms with Gasteiger partial charge in [-0.3, -0.25) is 14.5 Å². The van der Waals surface area contributed by atoms with E-state index in [0.717, 1.165) is 11.3 Å². The highest BCUT2D eigenvalue weighted by Crippen LogP contribution is 2.38. The van der Waals surface area contributed by atoms with Crippen molar-refractivity contribution in [3.8, 4) is 5.75 Å². The first-order valence-corrected chi connectivity index (χ1v) is 9.36. The van der Waals surface area contributed by atoms with Crippen molar-refractivity contribution < 1.29 is 19.1 Å². The smallest absolute Gasteiger partial charge is 0.267 e. The first-order valence-electron chi connectivity index (χ1n) is 8.48. The van der Waals surface area contributed by atoms with E-state index in [1.807, 2.05) is 45.0 Å². The molecule has 1 aromatic carbocycles. The van der Waals surface area contributed by atoms with Gasteiger partial charge in [0.05, 0.1) is 17.1 Å². The van der Waals surface area contributed by atoms with Crippen LogP contribution in [-0.2, 0) is 14.3 Å². The van der Waals surface area contributed by atoms with E-state index >= 15 is 0 Å². The van der Waals surface area contributed by atoms with Crippen LogP contribution in [0.2, 0.25) is 0 Å². The van der Waals surface area contributed by atoms with Gasteiger partial charge >= 0.3 is 0 Å². The van der Waals surface area contributed by atoms with E-state index in [4.69, 9.17) is 9.47 Å². The first-order chi connectivity index (χ1) is 12.0. The molecule has 1 heterocycles. The molecule has 25 heavy (non-hydrogen) atoms. The van der Waals surface area contributed by atoms with E-state index in [9.17, 15) is 9.59 Å². The van der Waals surface area contributed by atoms with Gasteiger partial charge in [-0.25, -0.2) is 0 Å². The van der Waals surface area contributed by atoms with Gasteiger partial charge in [0.1, 0.15) is 5.75 Å². The van der Waals surface area contributed by atoms with Crippen molar-refractivity contribution in [2.75, 3.05) is 26.9 Å². The molecule has 0 unspecified atom stereocenters. The summed E-state index contributed by atoms with van der Waals surface area (Å²) >= 11 is 1.44. The third-order valence-corrected chi connectivity index (χ3v) is 4.75. The topological polar surface area (TPSA) is 55.8 Å². The SMILES string of the molecule is CCOc1ccc(C2=C(SC(C)C)C(=O)N(CCCOC)C2=O)cc1. The zero-order valence-electron chi connectivity index (χ0n) is 15.2. The van der Waals surface area contributed by atoms with Crippen LogP contribution in [0.5, 0.6) is 5.75 Å². The number of carbonyl (C=O) groups is 2. The third kappa shape index (κ3) is 4.64. The Hall–Kier alpha value is -1.79. The van der Waals surface area contributed by atoms with Crippen molar-refractivity contribution in [1.82, 2.24) is 4.90 Å². The lowest BCUT2D eigenvalue weighted by Crippen LogP contribution is -2.33. The van der Waals surface area contributed by atoms with Gasteiger partial charge in [-0.2, -0.15) is 0 Å². The number of carbonyl (C=O) groups excluding carboxylic acids is 2. The normalized spacial score (nSPS) is 14.8. The Morgan fingerprint density at radius 3 is 2.36 bits per heavy atom. The summed E-state index contributed by atoms with van der Waals surface area (Å²) in [5, 5.41) is 0.211. The molecule has 2 rings (SSSR count). The van der Waals surface area contributed by atoms with E-state index in [2.05, 4.69) is 0 Å². The predicted octanol–water partition coefficient (Wildman–Crippen LogP) is 3.34. The molecule has 136 valence electrons. The lowest BCUT2D eigenvalue weighted by molar-refractivity contribution is -0.136. The standard InChI is InChI=1S/C19H25NO4S/c1-5-24-15-9-7-14(8-10-15)16-17(25-13(2)3)19(22)20(18(16)21)11-6-12-23-4/h7-10,13H,5-6,11-12H2,1-4H3. The summed E-state index contributed by atoms with van der Waals surface area (Å²) < 4.78 is 10.5. The molecule has 0 saturated carbocycles. The van der Waals surface area contributed by atoms with Crippen molar-refractivity contribution in [1.29, 1.82) is 0 Å². The zero-order valence-corrected chi connectivity index (χ0v) is 16.0. The van der Waals surface area contributed by atoms with E-state index < -0.39 is 0 Å². The summed E-state index contributed by atoms with van der Waals surface area (Å²) in [6.45, 7) is 7.42. The fraction of sp³-hybridized carbons (Fsp3) is 0.474. The van der Waals surface area contributed by atoms with Crippen LogP contribution in [0.3, 0.4) is 0 Å². The van der Waals surface area contributed by atoms with Crippen molar-refractivity contribution in [3.05, 3.63) is 34.7 Å². The summed E-state index contributed by atoms with van der Waals surface area (Å²) in [6, 6.07) is 7.33. The fourth-order valence-electron chi connectivity index (χ4n) is 2.61. The minimum atomic E-state index is -0.228. The number of rotatable bonds is 9. The number of hydrogen-bond acceptors (Lipinski definition) is 5. The maximum absolute atomic E-state index is 12.9. The first kappa shape index (κ1) is 19.5. The summed E-state index contributed by atoms with van der Waals surface area (Å²) in [5.74, 6) is 0.315. The second kappa shape index (κ2) is 9.06. The van der Waals surface area contributed by atoms with Crippen LogP contribution in [0.1, 0.15) is 32.8 Å². The Morgan fingerprint density at radius 2 is 1.80 bits per heavy atom. The maximum atomic E-state index is 12.9. The minimum absolute atomic E-state index is 0.205. The number of benzene rings is 1. The molecule has 0 N–H and O–H groups in total. The number of nitrogens with zero attached hydrogens (tertiary/aromatic N) is 1. The molecular formula is C19H25NO4S. The molecule has 0 aromatic heterocycles. The summed E-state index contributed by atoms with van der Waals surface area (Å²) in [6.07, 6.45) is 0.629. The molecule has 1 aliphatic rings. The molecule has 6 heteroatoms. The molecule has 0 aliphatic carbocycles. The van der Waals surface area contributed by atoms with E-state index in [0.29, 0.717) is 36.7 Å². The average molecular weight is 363 g/mol. The maximum Gasteiger partial charge on any atom is 0.267 e. The lowest BCUT2D eigenvalue weighted by atomic mass is 10.1. The number of amides is 2. The highest BCUT2D eigenvalue weighted by molar-refractivity contribution is 8.04. The molecule has 0 saturated heterocycles. The Kier molecular flexibility index (Phi) is 7.08. The zero-order chi connectivity index (χ0) is 18.4. The van der Waals surface area contributed by atoms with Crippen LogP contribution >= 0.6 is 11.8 Å². The van der Waals surface area contributed by atoms with Gasteiger partial charge in [0, 0.05) is 25.5 Å². The molecule has 5 nitrogen and oxygen atoms in total. The lowest BCUT2D eigenvalue weighted by Gasteiger charge is -2.15. The van der Waals surface area contributed by atoms with Gasteiger partial charge in [-0.15, -0.1) is 11.8 Å². The van der Waals surface area contributed by atoms with Crippen LogP contribution < -0.4 is 4.74 Å². The summed E-state index contributed by atoms with van der Waals surface area (Å²) in [4.78, 5) is 27.5. The third-order valence-electron chi connectivity index (χ3n) is 3.66. The highest BCUT2D eigenvalue weighted by atomic mass is 32.2. The molecule has 1 aliphatic heterocycles. The van der Waals surface area contributed by atoms with Crippen molar-refractivity contribution >= 4 is 29.1 Å². The van der Waals surface area contributed by atoms with Gasteiger partial charge in [-0.05, 0) is 31.0 Å². The number of hydrogen-bond donors (Lipinski definition) is 0. The van der Waals surface area contributed by atoms with E-state index in [-0.39, 0.29) is 17.1 Å². The van der Waals surface area contributed by atoms with Crippen molar-refractivity contribution in [2.24, 2.45) is 0 Å². The van der Waals surface area contributed by atoms with Crippen LogP contribution in [0.4, 0.5) is 0 Å². The van der Waals surface area contributed by atoms with E-state index in [1.165, 1.54) is 16.7 Å². The Balaban J connectivity index is 2.33. The molecule has 2 amide bonds. The Labute approximate surface area is 153 Å². The molecule has 0 fully saturated rings. The van der Waals surface area contributed by atoms with Gasteiger partial charge in [0.25, 0.3) is 11.8 Å². The minimum Gasteiger partial charge on any atom is -0.494 e. The quantitative estimate of drug-likeness (QED) is 0.497. The predicted molar refractivity (Wildman–Crippen MR) is 100 cm³/mol. The second-order valence-corrected chi connectivity index (χ2v) is 7.52. The van der Waals surface area contributed by atoms with Crippen LogP contribution in [0, 0.1) is 0 Å². The van der Waals surface area contributed by atoms with Crippen LogP contribution in [0.15, 0.2) is 29.2 Å². The van der Waals surface area contributed by atoms with Crippen molar-refractivity contribution in [3.63, 3.8) is 0 Å².